The smallest absolute Gasteiger partial charge is 0.0388 e. The third kappa shape index (κ3) is 8.16. The predicted molar refractivity (Wildman–Crippen MR) is 84.9 cm³/mol. The van der Waals surface area contributed by atoms with Gasteiger partial charge in [-0.05, 0) is 36.5 Å². The fourth-order valence-electron chi connectivity index (χ4n) is 3.23. The summed E-state index contributed by atoms with van der Waals surface area (Å²) in [7, 11) is 0. The first-order chi connectivity index (χ1) is 8.54. The van der Waals surface area contributed by atoms with Crippen LogP contribution in [0, 0.1) is 23.7 Å². The minimum atomic E-state index is 0.871. The van der Waals surface area contributed by atoms with Crippen molar-refractivity contribution in [1.29, 1.82) is 0 Å². The molecule has 110 valence electrons. The highest BCUT2D eigenvalue weighted by atomic mass is 14.2. The van der Waals surface area contributed by atoms with Crippen LogP contribution in [0.3, 0.4) is 0 Å². The molecule has 0 aliphatic carbocycles. The zero-order chi connectivity index (χ0) is 14.0. The largest absolute Gasteiger partial charge is 0.0654 e. The Morgan fingerprint density at radius 2 is 1.11 bits per heavy atom. The van der Waals surface area contributed by atoms with E-state index in [0.29, 0.717) is 0 Å². The Kier molecular flexibility index (Phi) is 10.9. The molecule has 0 saturated heterocycles. The van der Waals surface area contributed by atoms with E-state index in [1.165, 1.54) is 51.4 Å². The predicted octanol–water partition coefficient (Wildman–Crippen LogP) is 6.69. The Morgan fingerprint density at radius 3 is 1.50 bits per heavy atom. The molecule has 0 nitrogen and oxygen atoms in total. The Bertz CT molecular complexity index is 171. The molecule has 0 aliphatic heterocycles. The number of rotatable bonds is 11. The van der Waals surface area contributed by atoms with E-state index in [9.17, 15) is 0 Å². The van der Waals surface area contributed by atoms with Gasteiger partial charge in [-0.25, -0.2) is 0 Å². The van der Waals surface area contributed by atoms with Gasteiger partial charge in [0.05, 0.1) is 0 Å². The summed E-state index contributed by atoms with van der Waals surface area (Å²) in [4.78, 5) is 0. The van der Waals surface area contributed by atoms with Crippen molar-refractivity contribution < 1.29 is 0 Å². The standard InChI is InChI=1S/C18H38/c1-7-10-16(6)12-14-18(9-3)17(8-2)13-11-15(4)5/h15-18H,7-14H2,1-6H3. The summed E-state index contributed by atoms with van der Waals surface area (Å²) >= 11 is 0. The van der Waals surface area contributed by atoms with Crippen molar-refractivity contribution >= 4 is 0 Å². The van der Waals surface area contributed by atoms with Gasteiger partial charge in [0.1, 0.15) is 0 Å². The third-order valence-corrected chi connectivity index (χ3v) is 4.64. The molecular formula is C18H38. The molecule has 0 rings (SSSR count). The van der Waals surface area contributed by atoms with Crippen molar-refractivity contribution in [2.24, 2.45) is 23.7 Å². The highest BCUT2D eigenvalue weighted by Crippen LogP contribution is 2.31. The van der Waals surface area contributed by atoms with Crippen molar-refractivity contribution in [3.8, 4) is 0 Å². The molecule has 0 amide bonds. The quantitative estimate of drug-likeness (QED) is 0.385. The molecule has 3 unspecified atom stereocenters. The summed E-state index contributed by atoms with van der Waals surface area (Å²) in [5, 5.41) is 0. The zero-order valence-electron chi connectivity index (χ0n) is 14.0. The Labute approximate surface area is 117 Å². The SMILES string of the molecule is CCCC(C)CCC(CC)C(CC)CCC(C)C. The molecule has 0 bridgehead atoms. The molecule has 0 spiro atoms. The van der Waals surface area contributed by atoms with E-state index in [1.807, 2.05) is 0 Å². The third-order valence-electron chi connectivity index (χ3n) is 4.64. The van der Waals surface area contributed by atoms with Crippen LogP contribution < -0.4 is 0 Å². The van der Waals surface area contributed by atoms with E-state index in [0.717, 1.165) is 23.7 Å². The molecule has 0 aliphatic rings. The van der Waals surface area contributed by atoms with Gasteiger partial charge in [-0.2, -0.15) is 0 Å². The van der Waals surface area contributed by atoms with Crippen molar-refractivity contribution in [2.45, 2.75) is 92.9 Å². The van der Waals surface area contributed by atoms with Gasteiger partial charge in [0, 0.05) is 0 Å². The van der Waals surface area contributed by atoms with Crippen molar-refractivity contribution in [1.82, 2.24) is 0 Å². The van der Waals surface area contributed by atoms with E-state index in [2.05, 4.69) is 41.5 Å². The van der Waals surface area contributed by atoms with E-state index >= 15 is 0 Å². The highest BCUT2D eigenvalue weighted by Gasteiger charge is 2.19. The monoisotopic (exact) mass is 254 g/mol. The second-order valence-electron chi connectivity index (χ2n) is 6.78. The van der Waals surface area contributed by atoms with Gasteiger partial charge in [-0.1, -0.05) is 80.1 Å². The molecule has 0 aromatic carbocycles. The summed E-state index contributed by atoms with van der Waals surface area (Å²) in [6.07, 6.45) is 11.3. The second kappa shape index (κ2) is 10.9. The molecule has 18 heavy (non-hydrogen) atoms. The minimum Gasteiger partial charge on any atom is -0.0654 e. The summed E-state index contributed by atoms with van der Waals surface area (Å²) in [5.41, 5.74) is 0. The van der Waals surface area contributed by atoms with Gasteiger partial charge in [0.25, 0.3) is 0 Å². The van der Waals surface area contributed by atoms with Gasteiger partial charge < -0.3 is 0 Å². The second-order valence-corrected chi connectivity index (χ2v) is 6.78. The molecule has 0 heteroatoms. The average molecular weight is 255 g/mol. The van der Waals surface area contributed by atoms with Crippen LogP contribution in [-0.4, -0.2) is 0 Å². The van der Waals surface area contributed by atoms with Crippen LogP contribution in [0.25, 0.3) is 0 Å². The summed E-state index contributed by atoms with van der Waals surface area (Å²) < 4.78 is 0. The highest BCUT2D eigenvalue weighted by molar-refractivity contribution is 4.70. The maximum absolute atomic E-state index is 2.44. The van der Waals surface area contributed by atoms with Crippen LogP contribution in [0.4, 0.5) is 0 Å². The molecule has 0 fully saturated rings. The first-order valence-electron chi connectivity index (χ1n) is 8.54. The van der Waals surface area contributed by atoms with E-state index in [-0.39, 0.29) is 0 Å². The molecule has 0 radical (unpaired) electrons. The van der Waals surface area contributed by atoms with Crippen LogP contribution >= 0.6 is 0 Å². The number of hydrogen-bond acceptors (Lipinski definition) is 0. The molecule has 0 N–H and O–H groups in total. The number of hydrogen-bond donors (Lipinski definition) is 0. The van der Waals surface area contributed by atoms with Gasteiger partial charge in [-0.15, -0.1) is 0 Å². The molecular weight excluding hydrogens is 216 g/mol. The lowest BCUT2D eigenvalue weighted by atomic mass is 9.79. The topological polar surface area (TPSA) is 0 Å². The van der Waals surface area contributed by atoms with Crippen molar-refractivity contribution in [3.05, 3.63) is 0 Å². The Morgan fingerprint density at radius 1 is 0.611 bits per heavy atom. The summed E-state index contributed by atoms with van der Waals surface area (Å²) in [5.74, 6) is 3.77. The Balaban J connectivity index is 4.09. The van der Waals surface area contributed by atoms with Gasteiger partial charge in [-0.3, -0.25) is 0 Å². The van der Waals surface area contributed by atoms with E-state index in [4.69, 9.17) is 0 Å². The molecule has 0 saturated carbocycles. The van der Waals surface area contributed by atoms with Gasteiger partial charge in [0.2, 0.25) is 0 Å². The van der Waals surface area contributed by atoms with Crippen molar-refractivity contribution in [3.63, 3.8) is 0 Å². The molecule has 0 aromatic rings. The maximum Gasteiger partial charge on any atom is -0.0388 e. The fourth-order valence-corrected chi connectivity index (χ4v) is 3.23. The molecule has 3 atom stereocenters. The first-order valence-corrected chi connectivity index (χ1v) is 8.54. The maximum atomic E-state index is 2.44. The van der Waals surface area contributed by atoms with Crippen molar-refractivity contribution in [2.75, 3.05) is 0 Å². The average Bonchev–Trinajstić information content (AvgIpc) is 2.33. The summed E-state index contributed by atoms with van der Waals surface area (Å²) in [6, 6.07) is 0. The van der Waals surface area contributed by atoms with E-state index in [1.54, 1.807) is 0 Å². The van der Waals surface area contributed by atoms with E-state index < -0.39 is 0 Å². The molecule has 0 aromatic heterocycles. The van der Waals surface area contributed by atoms with Crippen LogP contribution in [0.2, 0.25) is 0 Å². The minimum absolute atomic E-state index is 0.871. The van der Waals surface area contributed by atoms with Gasteiger partial charge >= 0.3 is 0 Å². The van der Waals surface area contributed by atoms with Crippen LogP contribution in [0.5, 0.6) is 0 Å². The lowest BCUT2D eigenvalue weighted by Crippen LogP contribution is -2.15. The first kappa shape index (κ1) is 18.0. The summed E-state index contributed by atoms with van der Waals surface area (Å²) in [6.45, 7) is 14.3. The lowest BCUT2D eigenvalue weighted by Gasteiger charge is -2.27. The van der Waals surface area contributed by atoms with Crippen LogP contribution in [0.1, 0.15) is 92.9 Å². The van der Waals surface area contributed by atoms with Crippen LogP contribution in [-0.2, 0) is 0 Å². The normalized spacial score (nSPS) is 16.8. The zero-order valence-corrected chi connectivity index (χ0v) is 14.0. The fraction of sp³-hybridized carbons (Fsp3) is 1.00. The van der Waals surface area contributed by atoms with Crippen LogP contribution in [0.15, 0.2) is 0 Å². The van der Waals surface area contributed by atoms with Gasteiger partial charge in [0.15, 0.2) is 0 Å². The Hall–Kier alpha value is 0. The lowest BCUT2D eigenvalue weighted by molar-refractivity contribution is 0.245. The molecule has 0 heterocycles.